The van der Waals surface area contributed by atoms with Crippen molar-refractivity contribution < 1.29 is 23.0 Å². The summed E-state index contributed by atoms with van der Waals surface area (Å²) in [5.41, 5.74) is -1.77. The fourth-order valence-electron chi connectivity index (χ4n) is 3.24. The van der Waals surface area contributed by atoms with Gasteiger partial charge in [0.1, 0.15) is 11.4 Å². The second kappa shape index (κ2) is 7.27. The van der Waals surface area contributed by atoms with Gasteiger partial charge in [0.25, 0.3) is 0 Å². The van der Waals surface area contributed by atoms with Crippen molar-refractivity contribution in [1.82, 2.24) is 19.4 Å². The molecule has 0 aliphatic carbocycles. The normalized spacial score (nSPS) is 18.2. The molecule has 0 saturated carbocycles. The number of hydrogen-bond donors (Lipinski definition) is 1. The first-order valence-electron chi connectivity index (χ1n) is 8.88. The fraction of sp³-hybridized carbons (Fsp3) is 0.316. The minimum absolute atomic E-state index is 0.0459. The first-order chi connectivity index (χ1) is 13.8. The molecular formula is C19H17F3N4O2S. The van der Waals surface area contributed by atoms with Gasteiger partial charge in [0.15, 0.2) is 0 Å². The van der Waals surface area contributed by atoms with Gasteiger partial charge in [-0.15, -0.1) is 5.10 Å². The molecule has 0 spiro atoms. The third-order valence-electron chi connectivity index (χ3n) is 4.93. The maximum Gasteiger partial charge on any atom is 0.423 e. The molecule has 2 unspecified atom stereocenters. The van der Waals surface area contributed by atoms with E-state index in [0.29, 0.717) is 5.75 Å². The lowest BCUT2D eigenvalue weighted by Crippen LogP contribution is -2.42. The molecule has 1 N–H and O–H groups in total. The topological polar surface area (TPSA) is 73.1 Å². The number of ether oxygens (including phenoxy) is 1. The van der Waals surface area contributed by atoms with Crippen LogP contribution in [0.4, 0.5) is 13.2 Å². The number of rotatable bonds is 5. The van der Waals surface area contributed by atoms with E-state index in [9.17, 15) is 18.3 Å². The van der Waals surface area contributed by atoms with Gasteiger partial charge in [-0.1, -0.05) is 24.3 Å². The van der Waals surface area contributed by atoms with Crippen LogP contribution in [0, 0.1) is 0 Å². The van der Waals surface area contributed by atoms with E-state index in [4.69, 9.17) is 4.74 Å². The Kier molecular flexibility index (Phi) is 4.91. The van der Waals surface area contributed by atoms with Crippen molar-refractivity contribution in [1.29, 1.82) is 0 Å². The van der Waals surface area contributed by atoms with E-state index in [1.165, 1.54) is 23.1 Å². The number of aromatic nitrogens is 4. The lowest BCUT2D eigenvalue weighted by atomic mass is 9.94. The Morgan fingerprint density at radius 1 is 1.28 bits per heavy atom. The predicted octanol–water partition coefficient (Wildman–Crippen LogP) is 3.98. The molecule has 2 atom stereocenters. The molecular weight excluding hydrogens is 405 g/mol. The summed E-state index contributed by atoms with van der Waals surface area (Å²) < 4.78 is 50.7. The van der Waals surface area contributed by atoms with Gasteiger partial charge in [0.05, 0.1) is 19.0 Å². The molecule has 0 saturated heterocycles. The zero-order valence-corrected chi connectivity index (χ0v) is 16.1. The zero-order valence-electron chi connectivity index (χ0n) is 15.3. The van der Waals surface area contributed by atoms with E-state index in [1.54, 1.807) is 12.5 Å². The van der Waals surface area contributed by atoms with E-state index >= 15 is 0 Å². The van der Waals surface area contributed by atoms with Crippen molar-refractivity contribution in [3.8, 4) is 5.75 Å². The van der Waals surface area contributed by atoms with E-state index in [1.807, 2.05) is 30.3 Å². The monoisotopic (exact) mass is 422 g/mol. The molecule has 10 heteroatoms. The number of benzene rings is 1. The molecule has 1 aliphatic rings. The summed E-state index contributed by atoms with van der Waals surface area (Å²) in [7, 11) is 0. The Labute approximate surface area is 168 Å². The van der Waals surface area contributed by atoms with Gasteiger partial charge in [-0.05, 0) is 41.7 Å². The molecule has 1 aromatic carbocycles. The molecule has 0 fully saturated rings. The summed E-state index contributed by atoms with van der Waals surface area (Å²) in [5.74, 6) is 0.716. The van der Waals surface area contributed by atoms with Gasteiger partial charge < -0.3 is 9.84 Å². The highest BCUT2D eigenvalue weighted by Gasteiger charge is 2.55. The van der Waals surface area contributed by atoms with Gasteiger partial charge in [0.2, 0.25) is 5.60 Å². The minimum atomic E-state index is -4.83. The largest absolute Gasteiger partial charge is 0.465 e. The molecule has 4 rings (SSSR count). The highest BCUT2D eigenvalue weighted by Crippen LogP contribution is 2.41. The quantitative estimate of drug-likeness (QED) is 0.673. The van der Waals surface area contributed by atoms with Gasteiger partial charge in [-0.3, -0.25) is 0 Å². The van der Waals surface area contributed by atoms with Crippen LogP contribution in [0.5, 0.6) is 5.75 Å². The Hall–Kier alpha value is -2.72. The number of aliphatic hydroxyl groups is 1. The average molecular weight is 422 g/mol. The molecule has 0 radical (unpaired) electrons. The third-order valence-corrected chi connectivity index (χ3v) is 5.76. The lowest BCUT2D eigenvalue weighted by molar-refractivity contribution is -0.269. The molecule has 3 aromatic rings. The maximum absolute atomic E-state index is 13.2. The van der Waals surface area contributed by atoms with E-state index < -0.39 is 23.9 Å². The van der Waals surface area contributed by atoms with Crippen LogP contribution in [0.3, 0.4) is 0 Å². The van der Waals surface area contributed by atoms with Crippen molar-refractivity contribution in [3.05, 3.63) is 70.7 Å². The Morgan fingerprint density at radius 3 is 2.79 bits per heavy atom. The Balaban J connectivity index is 1.57. The van der Waals surface area contributed by atoms with E-state index in [0.717, 1.165) is 22.2 Å². The number of alkyl halides is 3. The van der Waals surface area contributed by atoms with Gasteiger partial charge >= 0.3 is 6.18 Å². The molecule has 152 valence electrons. The van der Waals surface area contributed by atoms with Crippen LogP contribution < -0.4 is 4.74 Å². The smallest absolute Gasteiger partial charge is 0.423 e. The Bertz CT molecular complexity index is 1030. The number of halogens is 3. The standard InChI is InChI=1S/C19H17F3N4O2S/c1-2-18(27,19(20,21)22)17-11-26(25-24-17)10-12-3-4-13-14(16-5-7-23-29-16)6-8-28-15(13)9-12/h3-9,11,14,27H,2,10H2,1H3. The van der Waals surface area contributed by atoms with Crippen molar-refractivity contribution in [2.45, 2.75) is 37.6 Å². The number of fused-ring (bicyclic) bond motifs is 1. The first-order valence-corrected chi connectivity index (χ1v) is 9.65. The summed E-state index contributed by atoms with van der Waals surface area (Å²) >= 11 is 1.41. The van der Waals surface area contributed by atoms with E-state index in [2.05, 4.69) is 14.7 Å². The summed E-state index contributed by atoms with van der Waals surface area (Å²) in [6.07, 6.45) is 1.06. The van der Waals surface area contributed by atoms with Crippen LogP contribution in [0.15, 0.2) is 49.0 Å². The third kappa shape index (κ3) is 3.53. The lowest BCUT2D eigenvalue weighted by Gasteiger charge is -2.26. The maximum atomic E-state index is 13.2. The second-order valence-electron chi connectivity index (χ2n) is 6.72. The number of nitrogens with zero attached hydrogens (tertiary/aromatic N) is 4. The molecule has 29 heavy (non-hydrogen) atoms. The summed E-state index contributed by atoms with van der Waals surface area (Å²) in [4.78, 5) is 1.09. The highest BCUT2D eigenvalue weighted by molar-refractivity contribution is 7.05. The molecule has 0 bridgehead atoms. The second-order valence-corrected chi connectivity index (χ2v) is 7.59. The zero-order chi connectivity index (χ0) is 20.6. The number of allylic oxidation sites excluding steroid dienone is 1. The van der Waals surface area contributed by atoms with Crippen LogP contribution >= 0.6 is 11.5 Å². The van der Waals surface area contributed by atoms with Crippen molar-refractivity contribution in [2.24, 2.45) is 0 Å². The SMILES string of the molecule is CCC(O)(c1cn(Cc2ccc3c(c2)OC=CC3c2ccns2)nn1)C(F)(F)F. The van der Waals surface area contributed by atoms with E-state index in [-0.39, 0.29) is 12.5 Å². The van der Waals surface area contributed by atoms with Crippen LogP contribution in [-0.2, 0) is 12.1 Å². The molecule has 1 aliphatic heterocycles. The Morgan fingerprint density at radius 2 is 2.10 bits per heavy atom. The van der Waals surface area contributed by atoms with Crippen LogP contribution in [0.1, 0.15) is 41.0 Å². The van der Waals surface area contributed by atoms with Gasteiger partial charge in [0, 0.05) is 22.6 Å². The van der Waals surface area contributed by atoms with Crippen molar-refractivity contribution >= 4 is 11.5 Å². The van der Waals surface area contributed by atoms with Crippen LogP contribution in [-0.4, -0.2) is 30.7 Å². The van der Waals surface area contributed by atoms with Gasteiger partial charge in [-0.2, -0.15) is 13.2 Å². The summed E-state index contributed by atoms with van der Waals surface area (Å²) in [6, 6.07) is 7.57. The minimum Gasteiger partial charge on any atom is -0.465 e. The first kappa shape index (κ1) is 19.6. The summed E-state index contributed by atoms with van der Waals surface area (Å²) in [6.45, 7) is 1.44. The molecule has 6 nitrogen and oxygen atoms in total. The summed E-state index contributed by atoms with van der Waals surface area (Å²) in [5, 5.41) is 17.3. The molecule has 2 aromatic heterocycles. The van der Waals surface area contributed by atoms with Gasteiger partial charge in [-0.25, -0.2) is 9.06 Å². The fourth-order valence-corrected chi connectivity index (χ4v) is 3.93. The van der Waals surface area contributed by atoms with Crippen molar-refractivity contribution in [3.63, 3.8) is 0 Å². The highest BCUT2D eigenvalue weighted by atomic mass is 32.1. The number of hydrogen-bond acceptors (Lipinski definition) is 6. The van der Waals surface area contributed by atoms with Crippen LogP contribution in [0.2, 0.25) is 0 Å². The van der Waals surface area contributed by atoms with Crippen molar-refractivity contribution in [2.75, 3.05) is 0 Å². The average Bonchev–Trinajstić information content (AvgIpc) is 3.38. The van der Waals surface area contributed by atoms with Crippen LogP contribution in [0.25, 0.3) is 0 Å². The predicted molar refractivity (Wildman–Crippen MR) is 99.5 cm³/mol. The molecule has 0 amide bonds. The molecule has 3 heterocycles.